The normalized spacial score (nSPS) is 11.6. The maximum absolute atomic E-state index is 12.8. The number of carbonyl (C=O) groups is 1. The Balaban J connectivity index is 1.83. The number of aromatic carboxylic acids is 1. The third kappa shape index (κ3) is 2.98. The minimum absolute atomic E-state index is 0.0567. The zero-order valence-electron chi connectivity index (χ0n) is 13.9. The van der Waals surface area contributed by atoms with Crippen LogP contribution in [-0.2, 0) is 9.84 Å². The number of carboxylic acids is 1. The predicted molar refractivity (Wildman–Crippen MR) is 98.3 cm³/mol. The number of aromatic nitrogens is 1. The smallest absolute Gasteiger partial charge is 0.336 e. The number of carboxylic acid groups (broad SMARTS) is 1. The second-order valence-corrected chi connectivity index (χ2v) is 7.77. The van der Waals surface area contributed by atoms with Gasteiger partial charge in [-0.1, -0.05) is 30.3 Å². The van der Waals surface area contributed by atoms with Crippen LogP contribution in [0.2, 0.25) is 0 Å². The summed E-state index contributed by atoms with van der Waals surface area (Å²) in [6.07, 6.45) is 0. The third-order valence-electron chi connectivity index (χ3n) is 4.11. The summed E-state index contributed by atoms with van der Waals surface area (Å²) in [6.45, 7) is 0. The Bertz CT molecular complexity index is 1260. The molecule has 3 aromatic carbocycles. The van der Waals surface area contributed by atoms with E-state index in [2.05, 4.69) is 4.98 Å². The first kappa shape index (κ1) is 17.0. The van der Waals surface area contributed by atoms with Crippen LogP contribution in [0.4, 0.5) is 0 Å². The molecule has 0 spiro atoms. The van der Waals surface area contributed by atoms with Crippen LogP contribution in [0.15, 0.2) is 87.0 Å². The molecule has 134 valence electrons. The van der Waals surface area contributed by atoms with E-state index in [9.17, 15) is 18.3 Å². The maximum Gasteiger partial charge on any atom is 0.336 e. The van der Waals surface area contributed by atoms with Crippen molar-refractivity contribution in [3.63, 3.8) is 0 Å². The van der Waals surface area contributed by atoms with Gasteiger partial charge in [0.2, 0.25) is 15.7 Å². The molecule has 4 rings (SSSR count). The average molecular weight is 379 g/mol. The number of oxazole rings is 1. The summed E-state index contributed by atoms with van der Waals surface area (Å²) >= 11 is 0. The van der Waals surface area contributed by atoms with Crippen molar-refractivity contribution in [1.29, 1.82) is 0 Å². The number of nitrogens with zero attached hydrogens (tertiary/aromatic N) is 1. The second kappa shape index (κ2) is 6.37. The monoisotopic (exact) mass is 379 g/mol. The van der Waals surface area contributed by atoms with Crippen LogP contribution in [0.25, 0.3) is 22.6 Å². The van der Waals surface area contributed by atoms with E-state index >= 15 is 0 Å². The van der Waals surface area contributed by atoms with E-state index in [1.165, 1.54) is 30.3 Å². The Labute approximate surface area is 154 Å². The predicted octanol–water partition coefficient (Wildman–Crippen LogP) is 4.03. The number of rotatable bonds is 4. The molecule has 6 nitrogen and oxygen atoms in total. The minimum atomic E-state index is -3.69. The van der Waals surface area contributed by atoms with Crippen LogP contribution in [0.1, 0.15) is 10.4 Å². The van der Waals surface area contributed by atoms with E-state index < -0.39 is 15.8 Å². The van der Waals surface area contributed by atoms with Gasteiger partial charge in [-0.2, -0.15) is 0 Å². The zero-order chi connectivity index (χ0) is 19.0. The van der Waals surface area contributed by atoms with Crippen LogP contribution in [-0.4, -0.2) is 24.5 Å². The number of hydrogen-bond donors (Lipinski definition) is 1. The highest BCUT2D eigenvalue weighted by Crippen LogP contribution is 2.30. The fraction of sp³-hybridized carbons (Fsp3) is 0. The molecular formula is C20H13NO5S. The van der Waals surface area contributed by atoms with Gasteiger partial charge in [0.05, 0.1) is 20.9 Å². The number of hydrogen-bond acceptors (Lipinski definition) is 5. The molecule has 0 saturated heterocycles. The Morgan fingerprint density at radius 3 is 2.33 bits per heavy atom. The first-order chi connectivity index (χ1) is 13.0. The summed E-state index contributed by atoms with van der Waals surface area (Å²) in [5.41, 5.74) is 1.09. The van der Waals surface area contributed by atoms with Crippen molar-refractivity contribution < 1.29 is 22.7 Å². The molecule has 0 fully saturated rings. The molecule has 1 heterocycles. The Morgan fingerprint density at radius 2 is 1.59 bits per heavy atom. The fourth-order valence-corrected chi connectivity index (χ4v) is 4.08. The molecule has 7 heteroatoms. The van der Waals surface area contributed by atoms with Gasteiger partial charge in [0, 0.05) is 6.07 Å². The Kier molecular flexibility index (Phi) is 4.01. The van der Waals surface area contributed by atoms with E-state index in [1.54, 1.807) is 42.5 Å². The van der Waals surface area contributed by atoms with Gasteiger partial charge in [-0.25, -0.2) is 18.2 Å². The maximum atomic E-state index is 12.8. The summed E-state index contributed by atoms with van der Waals surface area (Å²) < 4.78 is 31.2. The summed E-state index contributed by atoms with van der Waals surface area (Å²) in [6, 6.07) is 18.8. The van der Waals surface area contributed by atoms with Gasteiger partial charge in [-0.15, -0.1) is 0 Å². The summed E-state index contributed by atoms with van der Waals surface area (Å²) in [7, 11) is -3.69. The topological polar surface area (TPSA) is 97.5 Å². The number of fused-ring (bicyclic) bond motifs is 1. The van der Waals surface area contributed by atoms with E-state index in [-0.39, 0.29) is 26.8 Å². The van der Waals surface area contributed by atoms with Gasteiger partial charge in [0.25, 0.3) is 0 Å². The first-order valence-corrected chi connectivity index (χ1v) is 9.48. The van der Waals surface area contributed by atoms with Crippen LogP contribution in [0, 0.1) is 0 Å². The average Bonchev–Trinajstić information content (AvgIpc) is 3.12. The molecule has 0 aliphatic carbocycles. The van der Waals surface area contributed by atoms with Gasteiger partial charge in [0.1, 0.15) is 5.52 Å². The summed E-state index contributed by atoms with van der Waals surface area (Å²) in [5.74, 6) is -0.975. The van der Waals surface area contributed by atoms with Crippen molar-refractivity contribution in [1.82, 2.24) is 4.98 Å². The Morgan fingerprint density at radius 1 is 0.889 bits per heavy atom. The van der Waals surface area contributed by atoms with Gasteiger partial charge in [-0.05, 0) is 36.4 Å². The molecule has 0 amide bonds. The number of sulfone groups is 1. The minimum Gasteiger partial charge on any atom is -0.478 e. The molecule has 1 N–H and O–H groups in total. The molecule has 0 aliphatic rings. The highest BCUT2D eigenvalue weighted by atomic mass is 32.2. The third-order valence-corrected chi connectivity index (χ3v) is 5.88. The lowest BCUT2D eigenvalue weighted by atomic mass is 10.1. The largest absolute Gasteiger partial charge is 0.478 e. The standard InChI is InChI=1S/C20H13NO5S/c22-20(23)16-9-5-4-8-15(16)19-21-17-11-10-14(12-18(17)26-19)27(24,25)13-6-2-1-3-7-13/h1-12H,(H,22,23). The van der Waals surface area contributed by atoms with Crippen LogP contribution < -0.4 is 0 Å². The lowest BCUT2D eigenvalue weighted by Gasteiger charge is -2.03. The Hall–Kier alpha value is -3.45. The van der Waals surface area contributed by atoms with Crippen molar-refractivity contribution >= 4 is 26.9 Å². The van der Waals surface area contributed by atoms with Crippen molar-refractivity contribution in [2.75, 3.05) is 0 Å². The van der Waals surface area contributed by atoms with Gasteiger partial charge >= 0.3 is 5.97 Å². The highest BCUT2D eigenvalue weighted by molar-refractivity contribution is 7.91. The molecule has 0 aliphatic heterocycles. The second-order valence-electron chi connectivity index (χ2n) is 5.82. The van der Waals surface area contributed by atoms with E-state index in [0.29, 0.717) is 11.1 Å². The van der Waals surface area contributed by atoms with Crippen molar-refractivity contribution in [3.05, 3.63) is 78.4 Å². The van der Waals surface area contributed by atoms with Gasteiger partial charge < -0.3 is 9.52 Å². The SMILES string of the molecule is O=C(O)c1ccccc1-c1nc2ccc(S(=O)(=O)c3ccccc3)cc2o1. The molecule has 4 aromatic rings. The molecule has 27 heavy (non-hydrogen) atoms. The van der Waals surface area contributed by atoms with E-state index in [0.717, 1.165) is 0 Å². The molecule has 1 aromatic heterocycles. The summed E-state index contributed by atoms with van der Waals surface area (Å²) in [4.78, 5) is 16.0. The zero-order valence-corrected chi connectivity index (χ0v) is 14.7. The molecule has 0 unspecified atom stereocenters. The number of benzene rings is 3. The van der Waals surface area contributed by atoms with Gasteiger partial charge in [-0.3, -0.25) is 0 Å². The molecule has 0 atom stereocenters. The van der Waals surface area contributed by atoms with Crippen molar-refractivity contribution in [2.45, 2.75) is 9.79 Å². The van der Waals surface area contributed by atoms with Crippen molar-refractivity contribution in [2.24, 2.45) is 0 Å². The molecular weight excluding hydrogens is 366 g/mol. The lowest BCUT2D eigenvalue weighted by Crippen LogP contribution is -2.01. The van der Waals surface area contributed by atoms with Crippen LogP contribution >= 0.6 is 0 Å². The first-order valence-electron chi connectivity index (χ1n) is 8.00. The fourth-order valence-electron chi connectivity index (χ4n) is 2.78. The van der Waals surface area contributed by atoms with E-state index in [4.69, 9.17) is 4.42 Å². The quantitative estimate of drug-likeness (QED) is 0.575. The van der Waals surface area contributed by atoms with Crippen LogP contribution in [0.5, 0.6) is 0 Å². The van der Waals surface area contributed by atoms with E-state index in [1.807, 2.05) is 0 Å². The molecule has 0 saturated carbocycles. The molecule has 0 bridgehead atoms. The van der Waals surface area contributed by atoms with Gasteiger partial charge in [0.15, 0.2) is 5.58 Å². The molecule has 0 radical (unpaired) electrons. The highest BCUT2D eigenvalue weighted by Gasteiger charge is 2.20. The van der Waals surface area contributed by atoms with Crippen LogP contribution in [0.3, 0.4) is 0 Å². The summed E-state index contributed by atoms with van der Waals surface area (Å²) in [5, 5.41) is 9.33. The van der Waals surface area contributed by atoms with Crippen molar-refractivity contribution in [3.8, 4) is 11.5 Å². The lowest BCUT2D eigenvalue weighted by molar-refractivity contribution is 0.0697.